The molecule has 0 radical (unpaired) electrons. The summed E-state index contributed by atoms with van der Waals surface area (Å²) in [7, 11) is 0.878. The fraction of sp³-hybridized carbons (Fsp3) is 0.320. The van der Waals surface area contributed by atoms with Gasteiger partial charge in [-0.15, -0.1) is 0 Å². The van der Waals surface area contributed by atoms with Crippen molar-refractivity contribution in [3.05, 3.63) is 71.4 Å². The van der Waals surface area contributed by atoms with Crippen molar-refractivity contribution in [2.45, 2.75) is 45.8 Å². The highest BCUT2D eigenvalue weighted by molar-refractivity contribution is 6.88. The average molecular weight is 373 g/mol. The van der Waals surface area contributed by atoms with Gasteiger partial charge in [0.05, 0.1) is 13.6 Å². The molecule has 1 heterocycles. The summed E-state index contributed by atoms with van der Waals surface area (Å²) in [4.78, 5) is 0. The molecular formula is C25H30NSi+. The van der Waals surface area contributed by atoms with Crippen molar-refractivity contribution < 1.29 is 4.57 Å². The summed E-state index contributed by atoms with van der Waals surface area (Å²) in [6.45, 7) is 14.2. The fourth-order valence-electron chi connectivity index (χ4n) is 4.62. The van der Waals surface area contributed by atoms with Gasteiger partial charge in [-0.25, -0.2) is 4.57 Å². The minimum atomic E-state index is -1.32. The van der Waals surface area contributed by atoms with Crippen LogP contribution in [0.25, 0.3) is 22.4 Å². The molecule has 3 aromatic rings. The van der Waals surface area contributed by atoms with Gasteiger partial charge in [0.25, 0.3) is 0 Å². The predicted octanol–water partition coefficient (Wildman–Crippen LogP) is 5.34. The number of aryl methyl sites for hydroxylation is 2. The van der Waals surface area contributed by atoms with Crippen LogP contribution in [-0.4, -0.2) is 8.07 Å². The van der Waals surface area contributed by atoms with Crippen LogP contribution in [0.4, 0.5) is 0 Å². The summed E-state index contributed by atoms with van der Waals surface area (Å²) in [6.07, 6.45) is 2.36. The minimum Gasteiger partial charge on any atom is -0.201 e. The molecule has 0 spiro atoms. The minimum absolute atomic E-state index is 0.0116. The number of rotatable bonds is 2. The van der Waals surface area contributed by atoms with E-state index in [1.807, 2.05) is 0 Å². The van der Waals surface area contributed by atoms with Crippen molar-refractivity contribution in [2.75, 3.05) is 0 Å². The van der Waals surface area contributed by atoms with Crippen LogP contribution in [0.15, 0.2) is 54.7 Å². The van der Waals surface area contributed by atoms with E-state index in [0.717, 1.165) is 0 Å². The zero-order valence-corrected chi connectivity index (χ0v) is 18.6. The third-order valence-electron chi connectivity index (χ3n) is 6.18. The first-order valence-corrected chi connectivity index (χ1v) is 13.4. The van der Waals surface area contributed by atoms with Crippen molar-refractivity contribution >= 4 is 13.3 Å². The van der Waals surface area contributed by atoms with Crippen molar-refractivity contribution in [3.8, 4) is 22.4 Å². The molecule has 1 aliphatic rings. The first kappa shape index (κ1) is 18.2. The Morgan fingerprint density at radius 2 is 1.56 bits per heavy atom. The van der Waals surface area contributed by atoms with E-state index in [0.29, 0.717) is 0 Å². The van der Waals surface area contributed by atoms with Crippen molar-refractivity contribution in [1.29, 1.82) is 0 Å². The second kappa shape index (κ2) is 5.90. The smallest absolute Gasteiger partial charge is 0.201 e. The molecule has 1 aliphatic carbocycles. The molecule has 27 heavy (non-hydrogen) atoms. The number of pyridine rings is 1. The summed E-state index contributed by atoms with van der Waals surface area (Å²) in [5.41, 5.74) is 9.77. The first-order valence-electron chi connectivity index (χ1n) is 9.87. The van der Waals surface area contributed by atoms with E-state index in [2.05, 4.69) is 107 Å². The number of nitrogens with zero attached hydrogens (tertiary/aromatic N) is 1. The van der Waals surface area contributed by atoms with Crippen LogP contribution in [0.5, 0.6) is 0 Å². The van der Waals surface area contributed by atoms with Crippen LogP contribution in [0.2, 0.25) is 19.6 Å². The fourth-order valence-corrected chi connectivity index (χ4v) is 5.78. The largest absolute Gasteiger partial charge is 0.212 e. The maximum Gasteiger partial charge on any atom is 0.212 e. The molecule has 138 valence electrons. The molecule has 0 unspecified atom stereocenters. The van der Waals surface area contributed by atoms with Gasteiger partial charge in [0.2, 0.25) is 5.69 Å². The molecule has 0 bridgehead atoms. The van der Waals surface area contributed by atoms with E-state index in [4.69, 9.17) is 0 Å². The van der Waals surface area contributed by atoms with Gasteiger partial charge in [-0.05, 0) is 34.7 Å². The summed E-state index contributed by atoms with van der Waals surface area (Å²) < 4.78 is 2.34. The maximum absolute atomic E-state index is 2.41. The Morgan fingerprint density at radius 1 is 0.852 bits per heavy atom. The van der Waals surface area contributed by atoms with Crippen LogP contribution < -0.4 is 9.75 Å². The molecule has 0 atom stereocenters. The van der Waals surface area contributed by atoms with Crippen LogP contribution in [0.3, 0.4) is 0 Å². The molecule has 1 aromatic heterocycles. The molecule has 2 aromatic carbocycles. The van der Waals surface area contributed by atoms with Crippen LogP contribution >= 0.6 is 0 Å². The van der Waals surface area contributed by atoms with Gasteiger partial charge >= 0.3 is 0 Å². The van der Waals surface area contributed by atoms with Gasteiger partial charge in [0, 0.05) is 16.7 Å². The molecule has 4 rings (SSSR count). The molecule has 0 N–H and O–H groups in total. The third-order valence-corrected chi connectivity index (χ3v) is 8.21. The topological polar surface area (TPSA) is 3.88 Å². The standard InChI is InChI=1S/C25H30NSi/c1-17-12-14-20-19-10-8-9-11-21(19)25(2,3)24(20)23(17)22-15-13-18(16-26(22)4)27(5,6)7/h8-16H,1-7H3/q+1. The average Bonchev–Trinajstić information content (AvgIpc) is 2.83. The van der Waals surface area contributed by atoms with E-state index in [9.17, 15) is 0 Å². The summed E-state index contributed by atoms with van der Waals surface area (Å²) in [6, 6.07) is 18.2. The second-order valence-corrected chi connectivity index (χ2v) is 14.6. The number of aromatic nitrogens is 1. The van der Waals surface area contributed by atoms with E-state index < -0.39 is 8.07 Å². The lowest BCUT2D eigenvalue weighted by atomic mass is 9.78. The first-order chi connectivity index (χ1) is 12.6. The van der Waals surface area contributed by atoms with Gasteiger partial charge in [-0.2, -0.15) is 0 Å². The molecule has 0 aliphatic heterocycles. The molecule has 0 fully saturated rings. The van der Waals surface area contributed by atoms with Crippen LogP contribution in [-0.2, 0) is 12.5 Å². The number of fused-ring (bicyclic) bond motifs is 3. The second-order valence-electron chi connectivity index (χ2n) is 9.51. The molecule has 1 nitrogen and oxygen atoms in total. The van der Waals surface area contributed by atoms with Crippen molar-refractivity contribution in [2.24, 2.45) is 7.05 Å². The Labute approximate surface area is 164 Å². The Bertz CT molecular complexity index is 1050. The van der Waals surface area contributed by atoms with E-state index >= 15 is 0 Å². The van der Waals surface area contributed by atoms with Crippen LogP contribution in [0.1, 0.15) is 30.5 Å². The quantitative estimate of drug-likeness (QED) is 0.422. The number of hydrogen-bond donors (Lipinski definition) is 0. The van der Waals surface area contributed by atoms with E-state index in [1.54, 1.807) is 0 Å². The maximum atomic E-state index is 2.41. The lowest BCUT2D eigenvalue weighted by Crippen LogP contribution is -2.45. The number of benzene rings is 2. The van der Waals surface area contributed by atoms with E-state index in [-0.39, 0.29) is 5.41 Å². The highest BCUT2D eigenvalue weighted by Gasteiger charge is 2.39. The highest BCUT2D eigenvalue weighted by Crippen LogP contribution is 2.52. The normalized spacial score (nSPS) is 14.8. The van der Waals surface area contributed by atoms with Gasteiger partial charge in [-0.3, -0.25) is 0 Å². The molecule has 0 saturated carbocycles. The van der Waals surface area contributed by atoms with Gasteiger partial charge < -0.3 is 0 Å². The van der Waals surface area contributed by atoms with Crippen molar-refractivity contribution in [1.82, 2.24) is 0 Å². The van der Waals surface area contributed by atoms with E-state index in [1.165, 1.54) is 44.3 Å². The third kappa shape index (κ3) is 2.70. The monoisotopic (exact) mass is 372 g/mol. The molecule has 0 saturated heterocycles. The van der Waals surface area contributed by atoms with Gasteiger partial charge in [0.15, 0.2) is 6.20 Å². The van der Waals surface area contributed by atoms with Crippen molar-refractivity contribution in [3.63, 3.8) is 0 Å². The SMILES string of the molecule is Cc1ccc2c(c1-c1ccc([Si](C)(C)C)c[n+]1C)C(C)(C)c1ccccc1-2. The Hall–Kier alpha value is -2.19. The summed E-state index contributed by atoms with van der Waals surface area (Å²) in [5.74, 6) is 0. The zero-order valence-electron chi connectivity index (χ0n) is 17.6. The summed E-state index contributed by atoms with van der Waals surface area (Å²) in [5, 5.41) is 1.50. The Balaban J connectivity index is 2.01. The predicted molar refractivity (Wildman–Crippen MR) is 118 cm³/mol. The molecule has 0 amide bonds. The summed E-state index contributed by atoms with van der Waals surface area (Å²) >= 11 is 0. The lowest BCUT2D eigenvalue weighted by Gasteiger charge is -2.25. The molecular weight excluding hydrogens is 342 g/mol. The molecule has 2 heteroatoms. The van der Waals surface area contributed by atoms with Gasteiger partial charge in [-0.1, -0.05) is 76.0 Å². The van der Waals surface area contributed by atoms with Gasteiger partial charge in [0.1, 0.15) is 7.05 Å². The highest BCUT2D eigenvalue weighted by atomic mass is 28.3. The lowest BCUT2D eigenvalue weighted by molar-refractivity contribution is -0.659. The zero-order chi connectivity index (χ0) is 19.6. The Morgan fingerprint density at radius 3 is 2.22 bits per heavy atom. The Kier molecular flexibility index (Phi) is 3.97. The number of hydrogen-bond acceptors (Lipinski definition) is 0. The van der Waals surface area contributed by atoms with Crippen LogP contribution in [0, 0.1) is 6.92 Å².